The number of halogens is 2. The molecule has 3 rings (SSSR count). The molecule has 200 valence electrons. The second kappa shape index (κ2) is 12.9. The van der Waals surface area contributed by atoms with E-state index in [1.165, 1.54) is 31.2 Å². The maximum atomic E-state index is 13.0. The van der Waals surface area contributed by atoms with Crippen LogP contribution in [0.5, 0.6) is 0 Å². The van der Waals surface area contributed by atoms with E-state index in [1.807, 2.05) is 30.3 Å². The van der Waals surface area contributed by atoms with Crippen LogP contribution < -0.4 is 16.4 Å². The van der Waals surface area contributed by atoms with E-state index in [4.69, 9.17) is 34.3 Å². The largest absolute Gasteiger partial charge is 0.391 e. The van der Waals surface area contributed by atoms with Crippen molar-refractivity contribution in [2.75, 3.05) is 6.54 Å². The Labute approximate surface area is 231 Å². The first kappa shape index (κ1) is 29.1. The number of rotatable bonds is 10. The number of carbonyl (C=O) groups is 1. The van der Waals surface area contributed by atoms with Crippen molar-refractivity contribution in [3.8, 4) is 0 Å². The summed E-state index contributed by atoms with van der Waals surface area (Å²) in [6, 6.07) is 20.0. The van der Waals surface area contributed by atoms with Crippen molar-refractivity contribution in [2.45, 2.75) is 29.9 Å². The number of hydrogen-bond acceptors (Lipinski definition) is 5. The van der Waals surface area contributed by atoms with Gasteiger partial charge in [0.2, 0.25) is 11.9 Å². The molecule has 0 unspecified atom stereocenters. The van der Waals surface area contributed by atoms with Crippen LogP contribution in [0, 0.1) is 5.41 Å². The standard InChI is InChI=1S/C26H27Cl2N5O4S/c1-16(34)24(25(30)35)32-26(33-38(36,37)21-13-11-20(28)12-14-21)31-15-22(17-5-3-2-4-6-17)23(29)18-7-9-19(27)10-8-18/h2-14,16,22,24,29,34H,15H2,1H3,(H2,30,35)(H2,31,32,33)/t16-,22+,24+/m0/s1. The molecule has 0 radical (unpaired) electrons. The van der Waals surface area contributed by atoms with E-state index in [2.05, 4.69) is 15.0 Å². The van der Waals surface area contributed by atoms with Crippen LogP contribution >= 0.6 is 23.2 Å². The maximum Gasteiger partial charge on any atom is 0.285 e. The molecule has 3 aromatic rings. The van der Waals surface area contributed by atoms with Gasteiger partial charge in [-0.2, -0.15) is 8.42 Å². The molecular formula is C26H27Cl2N5O4S. The van der Waals surface area contributed by atoms with E-state index < -0.39 is 34.0 Å². The van der Waals surface area contributed by atoms with Crippen LogP contribution in [-0.4, -0.2) is 49.8 Å². The highest BCUT2D eigenvalue weighted by Gasteiger charge is 2.26. The van der Waals surface area contributed by atoms with Crippen LogP contribution in [0.2, 0.25) is 10.0 Å². The number of hydrogen-bond donors (Lipinski definition) is 5. The van der Waals surface area contributed by atoms with E-state index in [0.29, 0.717) is 15.6 Å². The Balaban J connectivity index is 1.98. The fourth-order valence-electron chi connectivity index (χ4n) is 3.57. The molecule has 0 fully saturated rings. The van der Waals surface area contributed by atoms with E-state index in [1.54, 1.807) is 24.3 Å². The van der Waals surface area contributed by atoms with Gasteiger partial charge in [0.1, 0.15) is 6.04 Å². The minimum atomic E-state index is -4.26. The third-order valence-electron chi connectivity index (χ3n) is 5.58. The summed E-state index contributed by atoms with van der Waals surface area (Å²) >= 11 is 11.9. The van der Waals surface area contributed by atoms with Gasteiger partial charge in [-0.15, -0.1) is 4.40 Å². The topological polar surface area (TPSA) is 158 Å². The summed E-state index contributed by atoms with van der Waals surface area (Å²) in [5.74, 6) is -1.79. The van der Waals surface area contributed by atoms with E-state index in [-0.39, 0.29) is 23.1 Å². The molecule has 3 atom stereocenters. The summed E-state index contributed by atoms with van der Waals surface area (Å²) in [7, 11) is -4.26. The first-order chi connectivity index (χ1) is 18.0. The van der Waals surface area contributed by atoms with Gasteiger partial charge in [-0.1, -0.05) is 65.7 Å². The molecule has 1 amide bonds. The molecule has 0 aromatic heterocycles. The zero-order chi connectivity index (χ0) is 27.9. The second-order valence-corrected chi connectivity index (χ2v) is 10.9. The summed E-state index contributed by atoms with van der Waals surface area (Å²) in [5, 5.41) is 25.3. The molecule has 0 aliphatic carbocycles. The summed E-state index contributed by atoms with van der Waals surface area (Å²) in [6.07, 6.45) is -1.25. The average Bonchev–Trinajstić information content (AvgIpc) is 2.87. The third kappa shape index (κ3) is 7.78. The van der Waals surface area contributed by atoms with Gasteiger partial charge >= 0.3 is 0 Å². The number of nitrogens with zero attached hydrogens (tertiary/aromatic N) is 1. The van der Waals surface area contributed by atoms with Gasteiger partial charge in [-0.05, 0) is 54.4 Å². The van der Waals surface area contributed by atoms with E-state index >= 15 is 0 Å². The van der Waals surface area contributed by atoms with Crippen molar-refractivity contribution in [1.29, 1.82) is 5.41 Å². The molecule has 0 saturated heterocycles. The smallest absolute Gasteiger partial charge is 0.285 e. The molecule has 38 heavy (non-hydrogen) atoms. The lowest BCUT2D eigenvalue weighted by Crippen LogP contribution is -2.55. The SMILES string of the molecule is C[C@H](O)[C@@H](N/C(=N\S(=O)(=O)c1ccc(Cl)cc1)NC[C@@H](C(=N)c1ccc(Cl)cc1)c1ccccc1)C(N)=O. The Hall–Kier alpha value is -3.44. The van der Waals surface area contributed by atoms with Crippen molar-refractivity contribution in [1.82, 2.24) is 10.6 Å². The highest BCUT2D eigenvalue weighted by atomic mass is 35.5. The highest BCUT2D eigenvalue weighted by molar-refractivity contribution is 7.90. The quantitative estimate of drug-likeness (QED) is 0.184. The van der Waals surface area contributed by atoms with Gasteiger partial charge in [-0.3, -0.25) is 4.79 Å². The Kier molecular flexibility index (Phi) is 9.87. The molecule has 0 spiro atoms. The predicted octanol–water partition coefficient (Wildman–Crippen LogP) is 3.30. The van der Waals surface area contributed by atoms with Crippen LogP contribution in [0.25, 0.3) is 0 Å². The van der Waals surface area contributed by atoms with Crippen LogP contribution in [0.1, 0.15) is 24.0 Å². The average molecular weight is 577 g/mol. The normalized spacial score (nSPS) is 14.3. The lowest BCUT2D eigenvalue weighted by atomic mass is 9.90. The summed E-state index contributed by atoms with van der Waals surface area (Å²) < 4.78 is 29.9. The van der Waals surface area contributed by atoms with Gasteiger partial charge in [0.15, 0.2) is 0 Å². The Morgan fingerprint density at radius 2 is 1.55 bits per heavy atom. The molecule has 6 N–H and O–H groups in total. The monoisotopic (exact) mass is 575 g/mol. The lowest BCUT2D eigenvalue weighted by molar-refractivity contribution is -0.121. The molecule has 0 aliphatic rings. The summed E-state index contributed by atoms with van der Waals surface area (Å²) in [5.41, 5.74) is 7.04. The Bertz CT molecular complexity index is 1400. The van der Waals surface area contributed by atoms with Gasteiger partial charge in [0.05, 0.1) is 11.0 Å². The zero-order valence-corrected chi connectivity index (χ0v) is 22.6. The second-order valence-electron chi connectivity index (χ2n) is 8.40. The minimum Gasteiger partial charge on any atom is -0.391 e. The highest BCUT2D eigenvalue weighted by Crippen LogP contribution is 2.22. The van der Waals surface area contributed by atoms with Crippen molar-refractivity contribution >= 4 is 50.8 Å². The van der Waals surface area contributed by atoms with Crippen molar-refractivity contribution in [3.05, 3.63) is 100 Å². The number of nitrogens with one attached hydrogen (secondary N) is 3. The number of carbonyl (C=O) groups excluding carboxylic acids is 1. The van der Waals surface area contributed by atoms with E-state index in [9.17, 15) is 18.3 Å². The van der Waals surface area contributed by atoms with Crippen LogP contribution in [0.4, 0.5) is 0 Å². The minimum absolute atomic E-state index is 0.0126. The third-order valence-corrected chi connectivity index (χ3v) is 7.38. The first-order valence-electron chi connectivity index (χ1n) is 11.5. The van der Waals surface area contributed by atoms with Crippen LogP contribution in [0.15, 0.2) is 88.2 Å². The van der Waals surface area contributed by atoms with Crippen LogP contribution in [-0.2, 0) is 14.8 Å². The predicted molar refractivity (Wildman–Crippen MR) is 149 cm³/mol. The molecular weight excluding hydrogens is 549 g/mol. The van der Waals surface area contributed by atoms with Gasteiger partial charge in [0, 0.05) is 28.2 Å². The number of amides is 1. The number of benzene rings is 3. The van der Waals surface area contributed by atoms with Gasteiger partial charge < -0.3 is 26.9 Å². The number of aliphatic hydroxyl groups excluding tert-OH is 1. The molecule has 3 aromatic carbocycles. The van der Waals surface area contributed by atoms with Gasteiger partial charge in [-0.25, -0.2) is 0 Å². The summed E-state index contributed by atoms with van der Waals surface area (Å²) in [6.45, 7) is 1.34. The van der Waals surface area contributed by atoms with E-state index in [0.717, 1.165) is 5.56 Å². The number of nitrogens with two attached hydrogens (primary N) is 1. The maximum absolute atomic E-state index is 13.0. The molecule has 0 saturated carbocycles. The lowest BCUT2D eigenvalue weighted by Gasteiger charge is -2.24. The van der Waals surface area contributed by atoms with Crippen LogP contribution in [0.3, 0.4) is 0 Å². The van der Waals surface area contributed by atoms with Crippen molar-refractivity contribution in [3.63, 3.8) is 0 Å². The van der Waals surface area contributed by atoms with Crippen molar-refractivity contribution < 1.29 is 18.3 Å². The number of guanidine groups is 1. The van der Waals surface area contributed by atoms with Gasteiger partial charge in [0.25, 0.3) is 10.0 Å². The Morgan fingerprint density at radius 3 is 2.08 bits per heavy atom. The first-order valence-corrected chi connectivity index (χ1v) is 13.6. The fraction of sp³-hybridized carbons (Fsp3) is 0.192. The zero-order valence-electron chi connectivity index (χ0n) is 20.3. The molecule has 0 bridgehead atoms. The number of sulfonamides is 1. The Morgan fingerprint density at radius 1 is 1.00 bits per heavy atom. The number of primary amides is 1. The molecule has 0 heterocycles. The molecule has 9 nitrogen and oxygen atoms in total. The van der Waals surface area contributed by atoms with Crippen molar-refractivity contribution in [2.24, 2.45) is 10.1 Å². The molecule has 12 heteroatoms. The fourth-order valence-corrected chi connectivity index (χ4v) is 4.76. The molecule has 0 aliphatic heterocycles. The number of aliphatic hydroxyl groups is 1. The summed E-state index contributed by atoms with van der Waals surface area (Å²) in [4.78, 5) is 11.8.